The summed E-state index contributed by atoms with van der Waals surface area (Å²) in [6.45, 7) is 4.61. The summed E-state index contributed by atoms with van der Waals surface area (Å²) < 4.78 is 2.16. The van der Waals surface area contributed by atoms with Gasteiger partial charge in [0.25, 0.3) is 0 Å². The molecule has 0 saturated carbocycles. The zero-order valence-electron chi connectivity index (χ0n) is 10.1. The van der Waals surface area contributed by atoms with E-state index in [0.717, 1.165) is 17.6 Å². The largest absolute Gasteiger partial charge is 0.326 e. The van der Waals surface area contributed by atoms with Crippen molar-refractivity contribution in [2.75, 3.05) is 0 Å². The first-order valence-corrected chi connectivity index (χ1v) is 5.98. The lowest BCUT2D eigenvalue weighted by Crippen LogP contribution is -1.97. The highest BCUT2D eigenvalue weighted by atomic mass is 15.0. The third-order valence-electron chi connectivity index (χ3n) is 3.10. The Morgan fingerprint density at radius 3 is 2.61 bits per heavy atom. The summed E-state index contributed by atoms with van der Waals surface area (Å²) in [5.74, 6) is 0. The van der Waals surface area contributed by atoms with E-state index in [0.29, 0.717) is 0 Å². The molecular weight excluding hydrogens is 220 g/mol. The van der Waals surface area contributed by atoms with E-state index in [2.05, 4.69) is 46.5 Å². The van der Waals surface area contributed by atoms with Gasteiger partial charge in [-0.05, 0) is 23.3 Å². The monoisotopic (exact) mass is 234 g/mol. The minimum Gasteiger partial charge on any atom is -0.326 e. The van der Waals surface area contributed by atoms with Crippen molar-refractivity contribution in [1.82, 2.24) is 9.55 Å². The van der Waals surface area contributed by atoms with E-state index in [4.69, 9.17) is 0 Å². The fourth-order valence-corrected chi connectivity index (χ4v) is 2.09. The van der Waals surface area contributed by atoms with Crippen LogP contribution in [0.3, 0.4) is 0 Å². The number of aromatic nitrogens is 2. The van der Waals surface area contributed by atoms with Crippen molar-refractivity contribution >= 4 is 17.1 Å². The Morgan fingerprint density at radius 2 is 1.83 bits per heavy atom. The molecule has 2 heteroatoms. The van der Waals surface area contributed by atoms with Crippen molar-refractivity contribution in [2.24, 2.45) is 0 Å². The molecule has 0 aliphatic rings. The van der Waals surface area contributed by atoms with Gasteiger partial charge in [0.15, 0.2) is 0 Å². The molecule has 3 rings (SSSR count). The van der Waals surface area contributed by atoms with Gasteiger partial charge in [0.05, 0.1) is 17.4 Å². The molecule has 0 spiro atoms. The second-order valence-corrected chi connectivity index (χ2v) is 4.31. The van der Waals surface area contributed by atoms with Crippen LogP contribution in [0.25, 0.3) is 17.1 Å². The van der Waals surface area contributed by atoms with Gasteiger partial charge in [0.2, 0.25) is 0 Å². The van der Waals surface area contributed by atoms with Crippen LogP contribution < -0.4 is 0 Å². The lowest BCUT2D eigenvalue weighted by molar-refractivity contribution is 0.824. The zero-order chi connectivity index (χ0) is 12.4. The number of nitrogens with zero attached hydrogens (tertiary/aromatic N) is 2. The molecule has 0 N–H and O–H groups in total. The second-order valence-electron chi connectivity index (χ2n) is 4.31. The molecular formula is C16H14N2. The van der Waals surface area contributed by atoms with Crippen molar-refractivity contribution in [3.63, 3.8) is 0 Å². The summed E-state index contributed by atoms with van der Waals surface area (Å²) in [6.07, 6.45) is 3.75. The average Bonchev–Trinajstić information content (AvgIpc) is 2.83. The molecule has 1 heterocycles. The topological polar surface area (TPSA) is 17.8 Å². The summed E-state index contributed by atoms with van der Waals surface area (Å²) in [5.41, 5.74) is 4.63. The molecule has 0 amide bonds. The SMILES string of the molecule is C=Cc1ccc(Cn2cnc3ccccc32)cc1. The molecule has 18 heavy (non-hydrogen) atoms. The van der Waals surface area contributed by atoms with Gasteiger partial charge < -0.3 is 4.57 Å². The van der Waals surface area contributed by atoms with Crippen LogP contribution in [0.4, 0.5) is 0 Å². The molecule has 0 aliphatic heterocycles. The average molecular weight is 234 g/mol. The molecule has 88 valence electrons. The van der Waals surface area contributed by atoms with Gasteiger partial charge in [-0.25, -0.2) is 4.98 Å². The lowest BCUT2D eigenvalue weighted by atomic mass is 10.1. The standard InChI is InChI=1S/C16H14N2/c1-2-13-7-9-14(10-8-13)11-18-12-17-15-5-3-4-6-16(15)18/h2-10,12H,1,11H2. The van der Waals surface area contributed by atoms with Crippen molar-refractivity contribution in [3.05, 3.63) is 72.6 Å². The maximum atomic E-state index is 4.40. The summed E-state index contributed by atoms with van der Waals surface area (Å²) in [6, 6.07) is 16.6. The number of fused-ring (bicyclic) bond motifs is 1. The predicted molar refractivity (Wildman–Crippen MR) is 75.4 cm³/mol. The number of benzene rings is 2. The van der Waals surface area contributed by atoms with Crippen LogP contribution in [0.15, 0.2) is 61.4 Å². The third-order valence-corrected chi connectivity index (χ3v) is 3.10. The second kappa shape index (κ2) is 4.49. The molecule has 0 bridgehead atoms. The van der Waals surface area contributed by atoms with E-state index >= 15 is 0 Å². The Morgan fingerprint density at radius 1 is 1.06 bits per heavy atom. The zero-order valence-corrected chi connectivity index (χ0v) is 10.1. The van der Waals surface area contributed by atoms with Gasteiger partial charge in [0.1, 0.15) is 0 Å². The first-order chi connectivity index (χ1) is 8.86. The number of hydrogen-bond acceptors (Lipinski definition) is 1. The fraction of sp³-hybridized carbons (Fsp3) is 0.0625. The van der Waals surface area contributed by atoms with Crippen LogP contribution >= 0.6 is 0 Å². The number of imidazole rings is 1. The van der Waals surface area contributed by atoms with Crippen LogP contribution in [-0.2, 0) is 6.54 Å². The molecule has 0 saturated heterocycles. The number of para-hydroxylation sites is 2. The highest BCUT2D eigenvalue weighted by molar-refractivity contribution is 5.75. The molecule has 0 atom stereocenters. The lowest BCUT2D eigenvalue weighted by Gasteiger charge is -2.05. The highest BCUT2D eigenvalue weighted by Gasteiger charge is 2.01. The Hall–Kier alpha value is -2.35. The summed E-state index contributed by atoms with van der Waals surface area (Å²) in [7, 11) is 0. The summed E-state index contributed by atoms with van der Waals surface area (Å²) in [4.78, 5) is 4.40. The molecule has 2 nitrogen and oxygen atoms in total. The molecule has 3 aromatic rings. The van der Waals surface area contributed by atoms with Gasteiger partial charge in [-0.3, -0.25) is 0 Å². The van der Waals surface area contributed by atoms with Crippen LogP contribution in [-0.4, -0.2) is 9.55 Å². The molecule has 0 radical (unpaired) electrons. The maximum Gasteiger partial charge on any atom is 0.0961 e. The van der Waals surface area contributed by atoms with Crippen molar-refractivity contribution in [2.45, 2.75) is 6.54 Å². The van der Waals surface area contributed by atoms with Gasteiger partial charge >= 0.3 is 0 Å². The smallest absolute Gasteiger partial charge is 0.0961 e. The van der Waals surface area contributed by atoms with Gasteiger partial charge in [-0.15, -0.1) is 0 Å². The minimum atomic E-state index is 0.845. The van der Waals surface area contributed by atoms with E-state index in [-0.39, 0.29) is 0 Å². The predicted octanol–water partition coefficient (Wildman–Crippen LogP) is 3.73. The summed E-state index contributed by atoms with van der Waals surface area (Å²) >= 11 is 0. The quantitative estimate of drug-likeness (QED) is 0.675. The van der Waals surface area contributed by atoms with E-state index in [1.54, 1.807) is 0 Å². The molecule has 2 aromatic carbocycles. The van der Waals surface area contributed by atoms with Crippen LogP contribution in [0, 0.1) is 0 Å². The van der Waals surface area contributed by atoms with Crippen LogP contribution in [0.1, 0.15) is 11.1 Å². The van der Waals surface area contributed by atoms with Crippen molar-refractivity contribution in [3.8, 4) is 0 Å². The minimum absolute atomic E-state index is 0.845. The molecule has 0 unspecified atom stereocenters. The van der Waals surface area contributed by atoms with Gasteiger partial charge in [0, 0.05) is 6.54 Å². The Kier molecular flexibility index (Phi) is 2.69. The van der Waals surface area contributed by atoms with E-state index in [9.17, 15) is 0 Å². The molecule has 0 aliphatic carbocycles. The molecule has 0 fully saturated rings. The first kappa shape index (κ1) is 10.8. The third kappa shape index (κ3) is 1.93. The normalized spacial score (nSPS) is 10.7. The van der Waals surface area contributed by atoms with Crippen LogP contribution in [0.5, 0.6) is 0 Å². The van der Waals surface area contributed by atoms with E-state index in [1.807, 2.05) is 30.6 Å². The van der Waals surface area contributed by atoms with Crippen molar-refractivity contribution < 1.29 is 0 Å². The Balaban J connectivity index is 1.93. The fourth-order valence-electron chi connectivity index (χ4n) is 2.09. The first-order valence-electron chi connectivity index (χ1n) is 5.98. The Labute approximate surface area is 106 Å². The van der Waals surface area contributed by atoms with Crippen molar-refractivity contribution in [1.29, 1.82) is 0 Å². The Bertz CT molecular complexity index is 678. The maximum absolute atomic E-state index is 4.40. The van der Waals surface area contributed by atoms with E-state index in [1.165, 1.54) is 11.1 Å². The van der Waals surface area contributed by atoms with Gasteiger partial charge in [-0.2, -0.15) is 0 Å². The molecule has 1 aromatic heterocycles. The van der Waals surface area contributed by atoms with E-state index < -0.39 is 0 Å². The number of hydrogen-bond donors (Lipinski definition) is 0. The number of rotatable bonds is 3. The highest BCUT2D eigenvalue weighted by Crippen LogP contribution is 2.14. The summed E-state index contributed by atoms with van der Waals surface area (Å²) in [5, 5.41) is 0. The van der Waals surface area contributed by atoms with Gasteiger partial charge in [-0.1, -0.05) is 49.1 Å². The van der Waals surface area contributed by atoms with Crippen LogP contribution in [0.2, 0.25) is 0 Å².